The van der Waals surface area contributed by atoms with E-state index < -0.39 is 5.91 Å². The first-order chi connectivity index (χ1) is 7.63. The van der Waals surface area contributed by atoms with Gasteiger partial charge in [0.2, 0.25) is 5.91 Å². The third-order valence-corrected chi connectivity index (χ3v) is 2.07. The Morgan fingerprint density at radius 2 is 2.31 bits per heavy atom. The van der Waals surface area contributed by atoms with E-state index >= 15 is 0 Å². The summed E-state index contributed by atoms with van der Waals surface area (Å²) >= 11 is 0. The summed E-state index contributed by atoms with van der Waals surface area (Å²) in [6, 6.07) is 7.54. The molecule has 0 bridgehead atoms. The summed E-state index contributed by atoms with van der Waals surface area (Å²) < 4.78 is 5.10. The topological polar surface area (TPSA) is 73.6 Å². The molecule has 1 unspecified atom stereocenters. The Morgan fingerprint density at radius 3 is 2.94 bits per heavy atom. The highest BCUT2D eigenvalue weighted by Crippen LogP contribution is 2.18. The van der Waals surface area contributed by atoms with Gasteiger partial charge < -0.3 is 10.5 Å². The first kappa shape index (κ1) is 12.5. The van der Waals surface area contributed by atoms with Crippen LogP contribution in [0.25, 0.3) is 0 Å². The molecule has 0 radical (unpaired) electrons. The molecule has 0 aromatic heterocycles. The summed E-state index contributed by atoms with van der Waals surface area (Å²) in [5.74, 6) is 0.270. The molecule has 0 fully saturated rings. The molecule has 0 saturated carbocycles. The van der Waals surface area contributed by atoms with Gasteiger partial charge in [-0.05, 0) is 24.6 Å². The largest absolute Gasteiger partial charge is 0.497 e. The summed E-state index contributed by atoms with van der Waals surface area (Å²) in [5, 5.41) is 0. The number of primary amides is 1. The second kappa shape index (κ2) is 6.09. The van der Waals surface area contributed by atoms with E-state index in [4.69, 9.17) is 15.3 Å². The van der Waals surface area contributed by atoms with Crippen molar-refractivity contribution in [3.63, 3.8) is 0 Å². The van der Waals surface area contributed by atoms with Gasteiger partial charge in [-0.15, -0.1) is 0 Å². The van der Waals surface area contributed by atoms with Gasteiger partial charge in [-0.3, -0.25) is 9.63 Å². The molecular weight excluding hydrogens is 208 g/mol. The molecule has 0 heterocycles. The third kappa shape index (κ3) is 3.88. The highest BCUT2D eigenvalue weighted by molar-refractivity contribution is 5.74. The maximum atomic E-state index is 10.5. The Kier molecular flexibility index (Phi) is 4.75. The first-order valence-electron chi connectivity index (χ1n) is 4.93. The monoisotopic (exact) mass is 224 g/mol. The van der Waals surface area contributed by atoms with Gasteiger partial charge >= 0.3 is 0 Å². The number of nitrogens with two attached hydrogens (primary N) is 1. The predicted molar refractivity (Wildman–Crippen MR) is 59.7 cm³/mol. The summed E-state index contributed by atoms with van der Waals surface area (Å²) in [6.07, 6.45) is 0. The van der Waals surface area contributed by atoms with Crippen LogP contribution in [0.15, 0.2) is 24.3 Å². The molecule has 5 heteroatoms. The number of carbonyl (C=O) groups is 1. The Balaban J connectivity index is 2.51. The molecule has 1 aromatic rings. The van der Waals surface area contributed by atoms with E-state index in [1.807, 2.05) is 31.2 Å². The second-order valence-corrected chi connectivity index (χ2v) is 3.37. The molecule has 88 valence electrons. The first-order valence-corrected chi connectivity index (χ1v) is 4.93. The molecule has 0 spiro atoms. The van der Waals surface area contributed by atoms with Crippen molar-refractivity contribution in [3.05, 3.63) is 29.8 Å². The Hall–Kier alpha value is -1.59. The van der Waals surface area contributed by atoms with Crippen LogP contribution in [-0.4, -0.2) is 19.6 Å². The summed E-state index contributed by atoms with van der Waals surface area (Å²) in [5.41, 5.74) is 8.67. The number of benzene rings is 1. The fourth-order valence-electron chi connectivity index (χ4n) is 1.22. The van der Waals surface area contributed by atoms with Crippen molar-refractivity contribution >= 4 is 5.91 Å². The van der Waals surface area contributed by atoms with Crippen LogP contribution in [-0.2, 0) is 9.63 Å². The fourth-order valence-corrected chi connectivity index (χ4v) is 1.22. The summed E-state index contributed by atoms with van der Waals surface area (Å²) in [6.45, 7) is 1.77. The molecule has 3 N–H and O–H groups in total. The van der Waals surface area contributed by atoms with Gasteiger partial charge in [-0.1, -0.05) is 12.1 Å². The van der Waals surface area contributed by atoms with Crippen LogP contribution < -0.4 is 16.0 Å². The number of amides is 1. The molecule has 5 nitrogen and oxygen atoms in total. The van der Waals surface area contributed by atoms with Gasteiger partial charge in [0, 0.05) is 0 Å². The number of hydrogen-bond acceptors (Lipinski definition) is 4. The third-order valence-electron chi connectivity index (χ3n) is 2.07. The van der Waals surface area contributed by atoms with Gasteiger partial charge in [0.1, 0.15) is 12.4 Å². The Bertz CT molecular complexity index is 355. The lowest BCUT2D eigenvalue weighted by Crippen LogP contribution is -2.26. The fraction of sp³-hybridized carbons (Fsp3) is 0.364. The number of carbonyl (C=O) groups excluding carboxylic acids is 1. The van der Waals surface area contributed by atoms with Crippen molar-refractivity contribution in [2.75, 3.05) is 13.7 Å². The van der Waals surface area contributed by atoms with Crippen molar-refractivity contribution in [1.82, 2.24) is 5.48 Å². The molecule has 1 amide bonds. The van der Waals surface area contributed by atoms with Crippen molar-refractivity contribution in [3.8, 4) is 5.75 Å². The minimum absolute atomic E-state index is 0.0468. The van der Waals surface area contributed by atoms with Crippen molar-refractivity contribution in [1.29, 1.82) is 0 Å². The number of ether oxygens (including phenoxy) is 1. The maximum absolute atomic E-state index is 10.5. The number of rotatable bonds is 6. The minimum atomic E-state index is -0.509. The van der Waals surface area contributed by atoms with Crippen molar-refractivity contribution < 1.29 is 14.4 Å². The SMILES string of the molecule is COc1cccc(C(C)NOCC(N)=O)c1. The standard InChI is InChI=1S/C11H16N2O3/c1-8(13-16-7-11(12)14)9-4-3-5-10(6-9)15-2/h3-6,8,13H,7H2,1-2H3,(H2,12,14). The van der Waals surface area contributed by atoms with E-state index in [1.54, 1.807) is 7.11 Å². The molecule has 0 aliphatic heterocycles. The number of hydroxylamine groups is 1. The van der Waals surface area contributed by atoms with Crippen LogP contribution in [0.4, 0.5) is 0 Å². The number of hydrogen-bond donors (Lipinski definition) is 2. The Morgan fingerprint density at radius 1 is 1.56 bits per heavy atom. The highest BCUT2D eigenvalue weighted by Gasteiger charge is 2.06. The zero-order chi connectivity index (χ0) is 12.0. The summed E-state index contributed by atoms with van der Waals surface area (Å²) in [4.78, 5) is 15.4. The second-order valence-electron chi connectivity index (χ2n) is 3.37. The van der Waals surface area contributed by atoms with Crippen molar-refractivity contribution in [2.24, 2.45) is 5.73 Å². The van der Waals surface area contributed by atoms with Gasteiger partial charge in [0.25, 0.3) is 0 Å². The summed E-state index contributed by atoms with van der Waals surface area (Å²) in [7, 11) is 1.61. The van der Waals surface area contributed by atoms with Gasteiger partial charge in [0.15, 0.2) is 0 Å². The zero-order valence-corrected chi connectivity index (χ0v) is 9.40. The molecule has 1 atom stereocenters. The zero-order valence-electron chi connectivity index (χ0n) is 9.40. The lowest BCUT2D eigenvalue weighted by Gasteiger charge is -2.14. The van der Waals surface area contributed by atoms with Crippen LogP contribution in [0, 0.1) is 0 Å². The normalized spacial score (nSPS) is 12.1. The van der Waals surface area contributed by atoms with E-state index in [1.165, 1.54) is 0 Å². The van der Waals surface area contributed by atoms with Crippen LogP contribution in [0.1, 0.15) is 18.5 Å². The van der Waals surface area contributed by atoms with Crippen molar-refractivity contribution in [2.45, 2.75) is 13.0 Å². The molecule has 0 aliphatic carbocycles. The highest BCUT2D eigenvalue weighted by atomic mass is 16.6. The molecule has 16 heavy (non-hydrogen) atoms. The van der Waals surface area contributed by atoms with Crippen LogP contribution in [0.3, 0.4) is 0 Å². The van der Waals surface area contributed by atoms with Crippen LogP contribution >= 0.6 is 0 Å². The van der Waals surface area contributed by atoms with E-state index in [0.29, 0.717) is 0 Å². The van der Waals surface area contributed by atoms with Crippen LogP contribution in [0.2, 0.25) is 0 Å². The maximum Gasteiger partial charge on any atom is 0.245 e. The lowest BCUT2D eigenvalue weighted by atomic mass is 10.1. The minimum Gasteiger partial charge on any atom is -0.497 e. The van der Waals surface area contributed by atoms with Crippen LogP contribution in [0.5, 0.6) is 5.75 Å². The number of methoxy groups -OCH3 is 1. The van der Waals surface area contributed by atoms with Gasteiger partial charge in [0.05, 0.1) is 13.2 Å². The van der Waals surface area contributed by atoms with E-state index in [2.05, 4.69) is 5.48 Å². The van der Waals surface area contributed by atoms with Gasteiger partial charge in [-0.25, -0.2) is 0 Å². The van der Waals surface area contributed by atoms with E-state index in [-0.39, 0.29) is 12.6 Å². The molecule has 0 aliphatic rings. The van der Waals surface area contributed by atoms with E-state index in [9.17, 15) is 4.79 Å². The molecule has 1 aromatic carbocycles. The average molecular weight is 224 g/mol. The lowest BCUT2D eigenvalue weighted by molar-refractivity contribution is -0.126. The molecule has 0 saturated heterocycles. The van der Waals surface area contributed by atoms with E-state index in [0.717, 1.165) is 11.3 Å². The Labute approximate surface area is 94.5 Å². The smallest absolute Gasteiger partial charge is 0.245 e. The predicted octanol–water partition coefficient (Wildman–Crippen LogP) is 0.763. The average Bonchev–Trinajstić information content (AvgIpc) is 2.28. The molecule has 1 rings (SSSR count). The number of nitrogens with one attached hydrogen (secondary N) is 1. The quantitative estimate of drug-likeness (QED) is 0.700. The van der Waals surface area contributed by atoms with Gasteiger partial charge in [-0.2, -0.15) is 5.48 Å². The molecular formula is C11H16N2O3.